The van der Waals surface area contributed by atoms with Crippen molar-refractivity contribution >= 4 is 45.7 Å². The Labute approximate surface area is 193 Å². The second-order valence-electron chi connectivity index (χ2n) is 6.87. The van der Waals surface area contributed by atoms with Crippen LogP contribution in [0.4, 0.5) is 5.13 Å². The second kappa shape index (κ2) is 9.64. The molecule has 0 spiro atoms. The molecule has 0 saturated heterocycles. The summed E-state index contributed by atoms with van der Waals surface area (Å²) in [6.07, 6.45) is 0. The number of anilines is 1. The highest BCUT2D eigenvalue weighted by Crippen LogP contribution is 2.31. The van der Waals surface area contributed by atoms with Crippen molar-refractivity contribution in [3.8, 4) is 11.3 Å². The van der Waals surface area contributed by atoms with Crippen LogP contribution in [-0.4, -0.2) is 31.4 Å². The van der Waals surface area contributed by atoms with Gasteiger partial charge in [0.05, 0.1) is 18.0 Å². The molecular weight excluding hydrogens is 450 g/mol. The number of carbonyl (C=O) groups is 1. The van der Waals surface area contributed by atoms with Crippen LogP contribution in [0, 0.1) is 13.8 Å². The number of nitrogens with one attached hydrogen (secondary N) is 1. The number of aryl methyl sites for hydroxylation is 2. The van der Waals surface area contributed by atoms with E-state index in [2.05, 4.69) is 32.6 Å². The maximum absolute atomic E-state index is 12.5. The molecule has 1 N–H and O–H groups in total. The van der Waals surface area contributed by atoms with Gasteiger partial charge in [-0.15, -0.1) is 21.5 Å². The third kappa shape index (κ3) is 5.33. The van der Waals surface area contributed by atoms with Crippen molar-refractivity contribution < 1.29 is 4.79 Å². The minimum Gasteiger partial charge on any atom is -0.302 e. The van der Waals surface area contributed by atoms with Gasteiger partial charge in [0.2, 0.25) is 5.91 Å². The van der Waals surface area contributed by atoms with Crippen molar-refractivity contribution in [2.75, 3.05) is 11.1 Å². The van der Waals surface area contributed by atoms with E-state index in [0.29, 0.717) is 21.9 Å². The Hall–Kier alpha value is -2.68. The Morgan fingerprint density at radius 3 is 2.58 bits per heavy atom. The number of nitrogens with zero attached hydrogens (tertiary/aromatic N) is 4. The SMILES string of the molecule is Cc1sc(NC(=O)CSc2nnc(C)n2Cc2ccccc2)nc1-c1ccc(Cl)cc1. The molecule has 9 heteroatoms. The Kier molecular flexibility index (Phi) is 6.70. The van der Waals surface area contributed by atoms with Gasteiger partial charge in [-0.25, -0.2) is 4.98 Å². The molecule has 0 saturated carbocycles. The molecule has 4 rings (SSSR count). The van der Waals surface area contributed by atoms with Crippen LogP contribution in [0.3, 0.4) is 0 Å². The monoisotopic (exact) mass is 469 g/mol. The third-order valence-corrected chi connectivity index (χ3v) is 6.68. The molecule has 0 atom stereocenters. The predicted octanol–water partition coefficient (Wildman–Crippen LogP) is 5.45. The quantitative estimate of drug-likeness (QED) is 0.364. The van der Waals surface area contributed by atoms with Gasteiger partial charge in [0.1, 0.15) is 5.82 Å². The number of carbonyl (C=O) groups excluding carboxylic acids is 1. The van der Waals surface area contributed by atoms with Gasteiger partial charge in [0.25, 0.3) is 0 Å². The number of rotatable bonds is 7. The first kappa shape index (κ1) is 21.5. The van der Waals surface area contributed by atoms with Crippen molar-refractivity contribution in [1.82, 2.24) is 19.7 Å². The number of hydrogen-bond acceptors (Lipinski definition) is 6. The first-order valence-electron chi connectivity index (χ1n) is 9.59. The van der Waals surface area contributed by atoms with Gasteiger partial charge in [-0.2, -0.15) is 0 Å². The smallest absolute Gasteiger partial charge is 0.236 e. The number of amides is 1. The average molecular weight is 470 g/mol. The molecule has 6 nitrogen and oxygen atoms in total. The molecule has 2 heterocycles. The van der Waals surface area contributed by atoms with Gasteiger partial charge in [-0.1, -0.05) is 65.8 Å². The van der Waals surface area contributed by atoms with Crippen LogP contribution < -0.4 is 5.32 Å². The summed E-state index contributed by atoms with van der Waals surface area (Å²) in [6, 6.07) is 17.6. The second-order valence-corrected chi connectivity index (χ2v) is 9.45. The molecule has 0 fully saturated rings. The van der Waals surface area contributed by atoms with Crippen molar-refractivity contribution in [1.29, 1.82) is 0 Å². The number of thiazole rings is 1. The minimum atomic E-state index is -0.131. The fraction of sp³-hybridized carbons (Fsp3) is 0.182. The zero-order valence-electron chi connectivity index (χ0n) is 17.0. The number of thioether (sulfide) groups is 1. The first-order valence-corrected chi connectivity index (χ1v) is 11.8. The van der Waals surface area contributed by atoms with Crippen molar-refractivity contribution in [2.24, 2.45) is 0 Å². The van der Waals surface area contributed by atoms with Crippen LogP contribution in [0.15, 0.2) is 59.8 Å². The summed E-state index contributed by atoms with van der Waals surface area (Å²) in [5.41, 5.74) is 2.98. The largest absolute Gasteiger partial charge is 0.302 e. The lowest BCUT2D eigenvalue weighted by molar-refractivity contribution is -0.113. The highest BCUT2D eigenvalue weighted by Gasteiger charge is 2.15. The summed E-state index contributed by atoms with van der Waals surface area (Å²) in [7, 11) is 0. The van der Waals surface area contributed by atoms with Crippen LogP contribution in [0.5, 0.6) is 0 Å². The van der Waals surface area contributed by atoms with E-state index in [4.69, 9.17) is 11.6 Å². The topological polar surface area (TPSA) is 72.7 Å². The van der Waals surface area contributed by atoms with E-state index in [-0.39, 0.29) is 11.7 Å². The van der Waals surface area contributed by atoms with Gasteiger partial charge >= 0.3 is 0 Å². The van der Waals surface area contributed by atoms with Gasteiger partial charge in [0, 0.05) is 15.5 Å². The maximum atomic E-state index is 12.5. The predicted molar refractivity (Wildman–Crippen MR) is 127 cm³/mol. The van der Waals surface area contributed by atoms with Crippen LogP contribution in [-0.2, 0) is 11.3 Å². The average Bonchev–Trinajstić information content (AvgIpc) is 3.30. The fourth-order valence-electron chi connectivity index (χ4n) is 3.03. The van der Waals surface area contributed by atoms with Crippen molar-refractivity contribution in [3.63, 3.8) is 0 Å². The van der Waals surface area contributed by atoms with Gasteiger partial charge < -0.3 is 9.88 Å². The normalized spacial score (nSPS) is 10.9. The van der Waals surface area contributed by atoms with Gasteiger partial charge in [-0.05, 0) is 31.5 Å². The summed E-state index contributed by atoms with van der Waals surface area (Å²) >= 11 is 8.78. The van der Waals surface area contributed by atoms with E-state index >= 15 is 0 Å². The Morgan fingerprint density at radius 2 is 1.84 bits per heavy atom. The Balaban J connectivity index is 1.39. The highest BCUT2D eigenvalue weighted by atomic mass is 35.5. The molecule has 2 aromatic heterocycles. The fourth-order valence-corrected chi connectivity index (χ4v) is 4.79. The van der Waals surface area contributed by atoms with Gasteiger partial charge in [0.15, 0.2) is 10.3 Å². The third-order valence-electron chi connectivity index (χ3n) is 4.58. The minimum absolute atomic E-state index is 0.131. The Bertz CT molecular complexity index is 1190. The molecule has 0 aliphatic carbocycles. The lowest BCUT2D eigenvalue weighted by Crippen LogP contribution is -2.14. The summed E-state index contributed by atoms with van der Waals surface area (Å²) in [6.45, 7) is 4.57. The molecule has 0 aliphatic rings. The molecule has 31 heavy (non-hydrogen) atoms. The number of aromatic nitrogens is 4. The molecule has 1 amide bonds. The van der Waals surface area contributed by atoms with E-state index in [1.54, 1.807) is 0 Å². The molecule has 2 aromatic carbocycles. The number of hydrogen-bond donors (Lipinski definition) is 1. The number of halogens is 1. The molecule has 0 aliphatic heterocycles. The van der Waals surface area contributed by atoms with Crippen LogP contribution >= 0.6 is 34.7 Å². The van der Waals surface area contributed by atoms with Crippen molar-refractivity contribution in [3.05, 3.63) is 75.9 Å². The van der Waals surface area contributed by atoms with E-state index < -0.39 is 0 Å². The van der Waals surface area contributed by atoms with E-state index in [9.17, 15) is 4.79 Å². The standard InChI is InChI=1S/C22H20ClN5OS2/c1-14-20(17-8-10-18(23)11-9-17)25-21(31-14)24-19(29)13-30-22-27-26-15(2)28(22)12-16-6-4-3-5-7-16/h3-11H,12-13H2,1-2H3,(H,24,25,29). The van der Waals surface area contributed by atoms with E-state index in [1.165, 1.54) is 23.1 Å². The number of benzene rings is 2. The van der Waals surface area contributed by atoms with Crippen LogP contribution in [0.25, 0.3) is 11.3 Å². The molecule has 0 radical (unpaired) electrons. The molecule has 0 unspecified atom stereocenters. The zero-order chi connectivity index (χ0) is 21.8. The van der Waals surface area contributed by atoms with Crippen LogP contribution in [0.1, 0.15) is 16.3 Å². The summed E-state index contributed by atoms with van der Waals surface area (Å²) in [4.78, 5) is 18.1. The highest BCUT2D eigenvalue weighted by molar-refractivity contribution is 7.99. The zero-order valence-corrected chi connectivity index (χ0v) is 19.4. The maximum Gasteiger partial charge on any atom is 0.236 e. The lowest BCUT2D eigenvalue weighted by Gasteiger charge is -2.08. The van der Waals surface area contributed by atoms with E-state index in [1.807, 2.05) is 60.9 Å². The summed E-state index contributed by atoms with van der Waals surface area (Å²) < 4.78 is 2.01. The molecule has 158 valence electrons. The molecule has 4 aromatic rings. The van der Waals surface area contributed by atoms with Gasteiger partial charge in [-0.3, -0.25) is 4.79 Å². The Morgan fingerprint density at radius 1 is 1.10 bits per heavy atom. The van der Waals surface area contributed by atoms with E-state index in [0.717, 1.165) is 27.5 Å². The summed E-state index contributed by atoms with van der Waals surface area (Å²) in [5, 5.41) is 13.3. The molecule has 0 bridgehead atoms. The molecular formula is C22H20ClN5OS2. The summed E-state index contributed by atoms with van der Waals surface area (Å²) in [5.74, 6) is 0.908. The van der Waals surface area contributed by atoms with Crippen LogP contribution in [0.2, 0.25) is 5.02 Å². The first-order chi connectivity index (χ1) is 15.0. The lowest BCUT2D eigenvalue weighted by atomic mass is 10.1. The van der Waals surface area contributed by atoms with Crippen molar-refractivity contribution in [2.45, 2.75) is 25.5 Å².